The molecule has 3 heteroatoms. The Balaban J connectivity index is 1.98. The Labute approximate surface area is 109 Å². The van der Waals surface area contributed by atoms with Crippen LogP contribution in [0.5, 0.6) is 0 Å². The van der Waals surface area contributed by atoms with Crippen molar-refractivity contribution >= 4 is 5.69 Å². The maximum absolute atomic E-state index is 8.77. The normalized spacial score (nSPS) is 18.0. The van der Waals surface area contributed by atoms with Crippen molar-refractivity contribution in [2.45, 2.75) is 38.1 Å². The van der Waals surface area contributed by atoms with Gasteiger partial charge < -0.3 is 11.1 Å². The number of hydrogen-bond donors (Lipinski definition) is 2. The lowest BCUT2D eigenvalue weighted by atomic mass is 9.84. The molecule has 1 fully saturated rings. The first kappa shape index (κ1) is 12.9. The van der Waals surface area contributed by atoms with Gasteiger partial charge in [-0.15, -0.1) is 0 Å². The van der Waals surface area contributed by atoms with Crippen molar-refractivity contribution in [3.63, 3.8) is 0 Å². The van der Waals surface area contributed by atoms with Crippen LogP contribution in [0.4, 0.5) is 5.69 Å². The molecule has 96 valence electrons. The van der Waals surface area contributed by atoms with Gasteiger partial charge in [-0.05, 0) is 43.0 Å². The number of rotatable bonds is 4. The fourth-order valence-electron chi connectivity index (χ4n) is 2.76. The summed E-state index contributed by atoms with van der Waals surface area (Å²) >= 11 is 0. The van der Waals surface area contributed by atoms with Crippen molar-refractivity contribution in [3.05, 3.63) is 29.8 Å². The van der Waals surface area contributed by atoms with E-state index >= 15 is 0 Å². The minimum absolute atomic E-state index is 0.359. The molecular formula is C15H21N3. The van der Waals surface area contributed by atoms with Crippen LogP contribution >= 0.6 is 0 Å². The highest BCUT2D eigenvalue weighted by Crippen LogP contribution is 2.27. The highest BCUT2D eigenvalue weighted by molar-refractivity contribution is 5.48. The van der Waals surface area contributed by atoms with E-state index in [0.29, 0.717) is 24.1 Å². The fraction of sp³-hybridized carbons (Fsp3) is 0.533. The number of nitrogens with one attached hydrogen (secondary N) is 1. The first-order valence-corrected chi connectivity index (χ1v) is 6.80. The topological polar surface area (TPSA) is 61.8 Å². The van der Waals surface area contributed by atoms with E-state index in [9.17, 15) is 0 Å². The van der Waals surface area contributed by atoms with Crippen molar-refractivity contribution in [2.75, 3.05) is 11.9 Å². The lowest BCUT2D eigenvalue weighted by Crippen LogP contribution is -2.37. The fourth-order valence-corrected chi connectivity index (χ4v) is 2.76. The molecule has 1 saturated carbocycles. The molecule has 0 bridgehead atoms. The Morgan fingerprint density at radius 1 is 1.22 bits per heavy atom. The second-order valence-corrected chi connectivity index (χ2v) is 5.07. The quantitative estimate of drug-likeness (QED) is 0.854. The van der Waals surface area contributed by atoms with Crippen LogP contribution in [0.15, 0.2) is 24.3 Å². The molecule has 1 atom stereocenters. The number of anilines is 1. The van der Waals surface area contributed by atoms with E-state index in [0.717, 1.165) is 5.69 Å². The summed E-state index contributed by atoms with van der Waals surface area (Å²) in [6.45, 7) is 0.671. The van der Waals surface area contributed by atoms with Crippen LogP contribution in [0.2, 0.25) is 0 Å². The number of nitriles is 1. The van der Waals surface area contributed by atoms with Crippen molar-refractivity contribution in [1.29, 1.82) is 5.26 Å². The summed E-state index contributed by atoms with van der Waals surface area (Å²) in [5.41, 5.74) is 7.65. The lowest BCUT2D eigenvalue weighted by Gasteiger charge is -2.30. The summed E-state index contributed by atoms with van der Waals surface area (Å²) < 4.78 is 0. The van der Waals surface area contributed by atoms with Gasteiger partial charge in [-0.2, -0.15) is 5.26 Å². The van der Waals surface area contributed by atoms with E-state index in [1.54, 1.807) is 0 Å². The van der Waals surface area contributed by atoms with Crippen molar-refractivity contribution in [2.24, 2.45) is 11.7 Å². The van der Waals surface area contributed by atoms with Crippen molar-refractivity contribution in [3.8, 4) is 6.07 Å². The number of nitrogens with zero attached hydrogens (tertiary/aromatic N) is 1. The van der Waals surface area contributed by atoms with Crippen LogP contribution in [0.25, 0.3) is 0 Å². The molecule has 0 aliphatic heterocycles. The highest BCUT2D eigenvalue weighted by Gasteiger charge is 2.22. The molecule has 0 aromatic heterocycles. The zero-order valence-electron chi connectivity index (χ0n) is 10.7. The number of benzene rings is 1. The summed E-state index contributed by atoms with van der Waals surface area (Å²) in [7, 11) is 0. The zero-order valence-corrected chi connectivity index (χ0v) is 10.7. The van der Waals surface area contributed by atoms with E-state index < -0.39 is 0 Å². The monoisotopic (exact) mass is 243 g/mol. The van der Waals surface area contributed by atoms with Crippen LogP contribution in [0.1, 0.15) is 37.7 Å². The Kier molecular flexibility index (Phi) is 4.60. The van der Waals surface area contributed by atoms with Crippen molar-refractivity contribution < 1.29 is 0 Å². The standard InChI is InChI=1S/C15H21N3/c16-10-12-6-8-14(9-7-12)18-15(11-17)13-4-2-1-3-5-13/h6-9,13,15,18H,1-5,11,17H2/t15-/m0/s1. The maximum Gasteiger partial charge on any atom is 0.0991 e. The van der Waals surface area contributed by atoms with Gasteiger partial charge in [-0.1, -0.05) is 19.3 Å². The van der Waals surface area contributed by atoms with Gasteiger partial charge in [0.05, 0.1) is 11.6 Å². The Bertz CT molecular complexity index is 399. The molecule has 0 spiro atoms. The molecule has 0 unspecified atom stereocenters. The van der Waals surface area contributed by atoms with Gasteiger partial charge in [0, 0.05) is 18.3 Å². The SMILES string of the molecule is N#Cc1ccc(N[C@@H](CN)C2CCCCC2)cc1. The van der Waals surface area contributed by atoms with E-state index in [1.807, 2.05) is 24.3 Å². The van der Waals surface area contributed by atoms with Crippen molar-refractivity contribution in [1.82, 2.24) is 0 Å². The van der Waals surface area contributed by atoms with Gasteiger partial charge in [0.25, 0.3) is 0 Å². The second kappa shape index (κ2) is 6.42. The van der Waals surface area contributed by atoms with Crippen LogP contribution in [0.3, 0.4) is 0 Å². The first-order chi connectivity index (χ1) is 8.83. The largest absolute Gasteiger partial charge is 0.381 e. The third kappa shape index (κ3) is 3.24. The molecule has 0 amide bonds. The average Bonchev–Trinajstić information content (AvgIpc) is 2.46. The van der Waals surface area contributed by atoms with Crippen LogP contribution < -0.4 is 11.1 Å². The summed E-state index contributed by atoms with van der Waals surface area (Å²) in [6.07, 6.45) is 6.59. The van der Waals surface area contributed by atoms with E-state index in [-0.39, 0.29) is 0 Å². The molecule has 1 aromatic carbocycles. The minimum atomic E-state index is 0.359. The molecule has 18 heavy (non-hydrogen) atoms. The summed E-state index contributed by atoms with van der Waals surface area (Å²) in [5.74, 6) is 0.694. The number of nitrogens with two attached hydrogens (primary N) is 1. The molecule has 3 nitrogen and oxygen atoms in total. The maximum atomic E-state index is 8.77. The van der Waals surface area contributed by atoms with Crippen LogP contribution in [0, 0.1) is 17.2 Å². The third-order valence-electron chi connectivity index (χ3n) is 3.84. The molecule has 0 radical (unpaired) electrons. The molecule has 3 N–H and O–H groups in total. The van der Waals surface area contributed by atoms with Crippen LogP contribution in [-0.4, -0.2) is 12.6 Å². The Morgan fingerprint density at radius 2 is 1.89 bits per heavy atom. The van der Waals surface area contributed by atoms with Gasteiger partial charge in [-0.25, -0.2) is 0 Å². The molecule has 2 rings (SSSR count). The smallest absolute Gasteiger partial charge is 0.0991 e. The van der Waals surface area contributed by atoms with E-state index in [1.165, 1.54) is 32.1 Å². The summed E-state index contributed by atoms with van der Waals surface area (Å²) in [5, 5.41) is 12.3. The van der Waals surface area contributed by atoms with E-state index in [2.05, 4.69) is 11.4 Å². The lowest BCUT2D eigenvalue weighted by molar-refractivity contribution is 0.320. The molecule has 0 saturated heterocycles. The van der Waals surface area contributed by atoms with Gasteiger partial charge in [0.15, 0.2) is 0 Å². The summed E-state index contributed by atoms with van der Waals surface area (Å²) in [4.78, 5) is 0. The number of hydrogen-bond acceptors (Lipinski definition) is 3. The predicted octanol–water partition coefficient (Wildman–Crippen LogP) is 2.88. The molecule has 1 aliphatic rings. The van der Waals surface area contributed by atoms with Gasteiger partial charge in [0.1, 0.15) is 0 Å². The average molecular weight is 243 g/mol. The minimum Gasteiger partial charge on any atom is -0.381 e. The van der Waals surface area contributed by atoms with Gasteiger partial charge in [0.2, 0.25) is 0 Å². The molecule has 1 aliphatic carbocycles. The Morgan fingerprint density at radius 3 is 2.44 bits per heavy atom. The first-order valence-electron chi connectivity index (χ1n) is 6.80. The summed E-state index contributed by atoms with van der Waals surface area (Å²) in [6, 6.07) is 10.1. The highest BCUT2D eigenvalue weighted by atomic mass is 14.9. The molecular weight excluding hydrogens is 222 g/mol. The van der Waals surface area contributed by atoms with Crippen LogP contribution in [-0.2, 0) is 0 Å². The molecule has 1 aromatic rings. The second-order valence-electron chi connectivity index (χ2n) is 5.07. The Hall–Kier alpha value is -1.53. The third-order valence-corrected chi connectivity index (χ3v) is 3.84. The van der Waals surface area contributed by atoms with Gasteiger partial charge in [-0.3, -0.25) is 0 Å². The van der Waals surface area contributed by atoms with E-state index in [4.69, 9.17) is 11.0 Å². The zero-order chi connectivity index (χ0) is 12.8. The predicted molar refractivity (Wildman–Crippen MR) is 74.2 cm³/mol. The molecule has 0 heterocycles. The van der Waals surface area contributed by atoms with Gasteiger partial charge >= 0.3 is 0 Å².